The number of carbonyl (C=O) groups excluding carboxylic acids is 1. The van der Waals surface area contributed by atoms with Gasteiger partial charge in [0, 0.05) is 18.9 Å². The number of rotatable bonds is 3. The highest BCUT2D eigenvalue weighted by molar-refractivity contribution is 6.18. The number of hydrogen-bond donors (Lipinski definition) is 1. The molecule has 2 bridgehead atoms. The van der Waals surface area contributed by atoms with Gasteiger partial charge in [-0.1, -0.05) is 0 Å². The molecule has 3 nitrogen and oxygen atoms in total. The topological polar surface area (TPSA) is 38.3 Å². The van der Waals surface area contributed by atoms with E-state index in [-0.39, 0.29) is 18.1 Å². The monoisotopic (exact) mass is 231 g/mol. The third kappa shape index (κ3) is 2.85. The van der Waals surface area contributed by atoms with Crippen molar-refractivity contribution in [1.29, 1.82) is 0 Å². The average molecular weight is 232 g/mol. The van der Waals surface area contributed by atoms with Gasteiger partial charge in [-0.2, -0.15) is 0 Å². The molecular formula is C11H18ClNO2. The number of carbonyl (C=O) groups is 1. The highest BCUT2D eigenvalue weighted by Crippen LogP contribution is 2.31. The Balaban J connectivity index is 1.88. The molecular weight excluding hydrogens is 214 g/mol. The summed E-state index contributed by atoms with van der Waals surface area (Å²) >= 11 is 5.53. The van der Waals surface area contributed by atoms with Crippen molar-refractivity contribution in [3.63, 3.8) is 0 Å². The second-order valence-corrected chi connectivity index (χ2v) is 4.88. The predicted molar refractivity (Wildman–Crippen MR) is 59.0 cm³/mol. The van der Waals surface area contributed by atoms with Crippen LogP contribution in [-0.4, -0.2) is 30.5 Å². The van der Waals surface area contributed by atoms with Crippen molar-refractivity contribution in [3.8, 4) is 0 Å². The summed E-state index contributed by atoms with van der Waals surface area (Å²) in [5.41, 5.74) is 0. The van der Waals surface area contributed by atoms with Crippen molar-refractivity contribution in [2.75, 3.05) is 12.5 Å². The van der Waals surface area contributed by atoms with Crippen LogP contribution in [0.1, 0.15) is 32.1 Å². The molecule has 1 aliphatic carbocycles. The van der Waals surface area contributed by atoms with Gasteiger partial charge in [0.2, 0.25) is 5.91 Å². The molecule has 3 aliphatic rings. The van der Waals surface area contributed by atoms with Crippen LogP contribution in [0.5, 0.6) is 0 Å². The van der Waals surface area contributed by atoms with Crippen LogP contribution in [0.2, 0.25) is 0 Å². The molecule has 2 saturated heterocycles. The van der Waals surface area contributed by atoms with Gasteiger partial charge in [0.1, 0.15) is 0 Å². The van der Waals surface area contributed by atoms with Crippen LogP contribution in [0.15, 0.2) is 0 Å². The molecule has 3 fully saturated rings. The molecule has 0 aromatic rings. The third-order valence-electron chi connectivity index (χ3n) is 3.41. The van der Waals surface area contributed by atoms with Crippen LogP contribution in [0.3, 0.4) is 0 Å². The van der Waals surface area contributed by atoms with Crippen molar-refractivity contribution < 1.29 is 9.53 Å². The number of fused-ring (bicyclic) bond motifs is 4. The van der Waals surface area contributed by atoms with Crippen LogP contribution in [0.25, 0.3) is 0 Å². The number of hydrogen-bond acceptors (Lipinski definition) is 2. The zero-order chi connectivity index (χ0) is 10.7. The Morgan fingerprint density at radius 1 is 1.33 bits per heavy atom. The van der Waals surface area contributed by atoms with Crippen molar-refractivity contribution in [1.82, 2.24) is 5.32 Å². The van der Waals surface area contributed by atoms with E-state index in [9.17, 15) is 4.79 Å². The van der Waals surface area contributed by atoms with E-state index in [2.05, 4.69) is 5.32 Å². The van der Waals surface area contributed by atoms with Crippen molar-refractivity contribution in [3.05, 3.63) is 0 Å². The maximum Gasteiger partial charge on any atom is 0.221 e. The first kappa shape index (κ1) is 11.2. The lowest BCUT2D eigenvalue weighted by atomic mass is 10.00. The zero-order valence-corrected chi connectivity index (χ0v) is 9.63. The third-order valence-corrected chi connectivity index (χ3v) is 3.60. The first-order chi connectivity index (χ1) is 7.29. The second-order valence-electron chi connectivity index (χ2n) is 4.51. The number of nitrogens with one attached hydrogen (secondary N) is 1. The van der Waals surface area contributed by atoms with E-state index in [1.807, 2.05) is 0 Å². The van der Waals surface area contributed by atoms with Gasteiger partial charge in [0.15, 0.2) is 0 Å². The van der Waals surface area contributed by atoms with Crippen molar-refractivity contribution >= 4 is 17.5 Å². The molecule has 86 valence electrons. The number of amides is 1. The van der Waals surface area contributed by atoms with Gasteiger partial charge >= 0.3 is 0 Å². The number of alkyl halides is 1. The van der Waals surface area contributed by atoms with Crippen LogP contribution >= 0.6 is 11.6 Å². The Bertz CT molecular complexity index is 227. The van der Waals surface area contributed by atoms with Crippen LogP contribution in [0, 0.1) is 5.92 Å². The van der Waals surface area contributed by atoms with E-state index >= 15 is 0 Å². The van der Waals surface area contributed by atoms with Crippen LogP contribution in [-0.2, 0) is 9.53 Å². The van der Waals surface area contributed by atoms with E-state index in [0.717, 1.165) is 25.4 Å². The molecule has 0 aromatic carbocycles. The fraction of sp³-hybridized carbons (Fsp3) is 0.909. The smallest absolute Gasteiger partial charge is 0.221 e. The lowest BCUT2D eigenvalue weighted by molar-refractivity contribution is -0.122. The Labute approximate surface area is 95.5 Å². The first-order valence-electron chi connectivity index (χ1n) is 5.76. The van der Waals surface area contributed by atoms with Gasteiger partial charge in [0.05, 0.1) is 12.1 Å². The highest BCUT2D eigenvalue weighted by Gasteiger charge is 2.33. The van der Waals surface area contributed by atoms with Gasteiger partial charge in [-0.25, -0.2) is 0 Å². The minimum Gasteiger partial charge on any atom is -0.376 e. The fourth-order valence-electron chi connectivity index (χ4n) is 2.50. The molecule has 4 heteroatoms. The van der Waals surface area contributed by atoms with Gasteiger partial charge in [0.25, 0.3) is 0 Å². The summed E-state index contributed by atoms with van der Waals surface area (Å²) in [5, 5.41) is 3.04. The molecule has 3 rings (SSSR count). The number of halogens is 1. The highest BCUT2D eigenvalue weighted by atomic mass is 35.5. The maximum absolute atomic E-state index is 11.4. The van der Waals surface area contributed by atoms with Gasteiger partial charge in [-0.05, 0) is 31.6 Å². The minimum atomic E-state index is 0.0592. The molecule has 2 heterocycles. The summed E-state index contributed by atoms with van der Waals surface area (Å²) < 4.78 is 5.75. The molecule has 0 radical (unpaired) electrons. The Kier molecular flexibility index (Phi) is 3.87. The zero-order valence-electron chi connectivity index (χ0n) is 8.88. The molecule has 15 heavy (non-hydrogen) atoms. The normalized spacial score (nSPS) is 34.9. The van der Waals surface area contributed by atoms with Gasteiger partial charge in [-0.3, -0.25) is 4.79 Å². The van der Waals surface area contributed by atoms with E-state index in [1.165, 1.54) is 12.8 Å². The SMILES string of the molecule is O=C(CCCl)NC1CCC2CCC1OC2. The largest absolute Gasteiger partial charge is 0.376 e. The summed E-state index contributed by atoms with van der Waals surface area (Å²) in [6.07, 6.45) is 5.24. The molecule has 1 N–H and O–H groups in total. The molecule has 0 spiro atoms. The molecule has 1 saturated carbocycles. The van der Waals surface area contributed by atoms with Crippen molar-refractivity contribution in [2.24, 2.45) is 5.92 Å². The second kappa shape index (κ2) is 5.17. The molecule has 3 unspecified atom stereocenters. The standard InChI is InChI=1S/C11H18ClNO2/c12-6-5-11(14)13-9-3-1-8-2-4-10(9)15-7-8/h8-10H,1-7H2,(H,13,14). The molecule has 2 aliphatic heterocycles. The van der Waals surface area contributed by atoms with Gasteiger partial charge in [-0.15, -0.1) is 11.6 Å². The number of ether oxygens (including phenoxy) is 1. The molecule has 1 amide bonds. The maximum atomic E-state index is 11.4. The van der Waals surface area contributed by atoms with E-state index in [4.69, 9.17) is 16.3 Å². The van der Waals surface area contributed by atoms with Crippen LogP contribution in [0.4, 0.5) is 0 Å². The summed E-state index contributed by atoms with van der Waals surface area (Å²) in [6.45, 7) is 0.881. The lowest BCUT2D eigenvalue weighted by Gasteiger charge is -2.28. The first-order valence-corrected chi connectivity index (χ1v) is 6.30. The molecule has 3 atom stereocenters. The summed E-state index contributed by atoms with van der Waals surface area (Å²) in [5.74, 6) is 1.17. The van der Waals surface area contributed by atoms with Gasteiger partial charge < -0.3 is 10.1 Å². The summed E-state index contributed by atoms with van der Waals surface area (Å²) in [6, 6.07) is 0.216. The Morgan fingerprint density at radius 3 is 2.80 bits per heavy atom. The lowest BCUT2D eigenvalue weighted by Crippen LogP contribution is -2.44. The van der Waals surface area contributed by atoms with Crippen LogP contribution < -0.4 is 5.32 Å². The summed E-state index contributed by atoms with van der Waals surface area (Å²) in [7, 11) is 0. The minimum absolute atomic E-state index is 0.0592. The Hall–Kier alpha value is -0.280. The van der Waals surface area contributed by atoms with E-state index in [0.29, 0.717) is 12.3 Å². The Morgan fingerprint density at radius 2 is 2.13 bits per heavy atom. The average Bonchev–Trinajstić information content (AvgIpc) is 2.53. The van der Waals surface area contributed by atoms with Crippen molar-refractivity contribution in [2.45, 2.75) is 44.2 Å². The quantitative estimate of drug-likeness (QED) is 0.751. The van der Waals surface area contributed by atoms with E-state index in [1.54, 1.807) is 0 Å². The predicted octanol–water partition coefficient (Wildman–Crippen LogP) is 1.69. The summed E-state index contributed by atoms with van der Waals surface area (Å²) in [4.78, 5) is 11.4. The molecule has 0 aromatic heterocycles. The van der Waals surface area contributed by atoms with E-state index < -0.39 is 0 Å². The fourth-order valence-corrected chi connectivity index (χ4v) is 2.67.